The molecule has 2 unspecified atom stereocenters. The highest BCUT2D eigenvalue weighted by molar-refractivity contribution is 7.89. The Balaban J connectivity index is 2.29. The molecule has 0 aromatic carbocycles. The van der Waals surface area contributed by atoms with Crippen LogP contribution in [0, 0.1) is 17.2 Å². The predicted molar refractivity (Wildman–Crippen MR) is 64.9 cm³/mol. The third-order valence-electron chi connectivity index (χ3n) is 3.13. The Morgan fingerprint density at radius 3 is 2.67 bits per heavy atom. The summed E-state index contributed by atoms with van der Waals surface area (Å²) in [6.07, 6.45) is 1.21. The predicted octanol–water partition coefficient (Wildman–Crippen LogP) is -0.0790. The maximum absolute atomic E-state index is 12.3. The smallest absolute Gasteiger partial charge is 0.244 e. The van der Waals surface area contributed by atoms with Gasteiger partial charge in [-0.15, -0.1) is 0 Å². The molecule has 1 saturated heterocycles. The number of rotatable bonds is 2. The molecular weight excluding hydrogens is 252 g/mol. The number of sulfonamides is 1. The molecule has 7 heteroatoms. The van der Waals surface area contributed by atoms with Crippen molar-refractivity contribution in [2.45, 2.75) is 17.9 Å². The second-order valence-electron chi connectivity index (χ2n) is 4.45. The molecule has 6 nitrogen and oxygen atoms in total. The second-order valence-corrected chi connectivity index (χ2v) is 6.39. The van der Waals surface area contributed by atoms with Gasteiger partial charge in [-0.1, -0.05) is 6.92 Å². The molecule has 18 heavy (non-hydrogen) atoms. The van der Waals surface area contributed by atoms with Gasteiger partial charge in [-0.3, -0.25) is 0 Å². The zero-order valence-corrected chi connectivity index (χ0v) is 10.8. The molecule has 1 aliphatic heterocycles. The van der Waals surface area contributed by atoms with Crippen LogP contribution in [-0.2, 0) is 10.0 Å². The van der Waals surface area contributed by atoms with Gasteiger partial charge >= 0.3 is 0 Å². The monoisotopic (exact) mass is 266 g/mol. The molecule has 0 spiro atoms. The normalized spacial score (nSPS) is 24.9. The van der Waals surface area contributed by atoms with Crippen LogP contribution in [-0.4, -0.2) is 36.8 Å². The fourth-order valence-corrected chi connectivity index (χ4v) is 3.41. The molecule has 0 saturated carbocycles. The van der Waals surface area contributed by atoms with Crippen molar-refractivity contribution in [1.29, 1.82) is 5.26 Å². The lowest BCUT2D eigenvalue weighted by Gasteiger charge is -2.15. The molecule has 0 bridgehead atoms. The molecule has 2 heterocycles. The third kappa shape index (κ3) is 2.22. The fourth-order valence-electron chi connectivity index (χ4n) is 1.89. The quantitative estimate of drug-likeness (QED) is 0.807. The lowest BCUT2D eigenvalue weighted by atomic mass is 10.1. The first-order valence-electron chi connectivity index (χ1n) is 5.57. The van der Waals surface area contributed by atoms with Gasteiger partial charge in [-0.25, -0.2) is 13.4 Å². The molecule has 2 atom stereocenters. The molecule has 0 radical (unpaired) electrons. The maximum atomic E-state index is 12.3. The van der Waals surface area contributed by atoms with Gasteiger partial charge in [0, 0.05) is 25.3 Å². The van der Waals surface area contributed by atoms with E-state index in [-0.39, 0.29) is 22.5 Å². The van der Waals surface area contributed by atoms with Crippen LogP contribution in [0.3, 0.4) is 0 Å². The van der Waals surface area contributed by atoms with Gasteiger partial charge in [-0.2, -0.15) is 9.57 Å². The minimum absolute atomic E-state index is 0.0998. The van der Waals surface area contributed by atoms with Crippen LogP contribution in [0.5, 0.6) is 0 Å². The van der Waals surface area contributed by atoms with E-state index in [2.05, 4.69) is 4.98 Å². The molecule has 96 valence electrons. The summed E-state index contributed by atoms with van der Waals surface area (Å²) < 4.78 is 25.9. The van der Waals surface area contributed by atoms with E-state index in [9.17, 15) is 8.42 Å². The van der Waals surface area contributed by atoms with Gasteiger partial charge in [-0.05, 0) is 18.1 Å². The standard InChI is InChI=1S/C11H14N4O2S/c1-8-6-15(7-11(8)13)18(16,17)10-3-2-9(4-12)14-5-10/h2-3,5,8,11H,6-7,13H2,1H3. The zero-order chi connectivity index (χ0) is 13.3. The van der Waals surface area contributed by atoms with Crippen LogP contribution < -0.4 is 5.73 Å². The highest BCUT2D eigenvalue weighted by atomic mass is 32.2. The Kier molecular flexibility index (Phi) is 3.34. The first kappa shape index (κ1) is 13.0. The zero-order valence-electron chi connectivity index (χ0n) is 9.94. The van der Waals surface area contributed by atoms with Crippen LogP contribution in [0.2, 0.25) is 0 Å². The summed E-state index contributed by atoms with van der Waals surface area (Å²) in [7, 11) is -3.55. The fraction of sp³-hybridized carbons (Fsp3) is 0.455. The number of aromatic nitrogens is 1. The lowest BCUT2D eigenvalue weighted by molar-refractivity contribution is 0.464. The van der Waals surface area contributed by atoms with Crippen molar-refractivity contribution in [3.63, 3.8) is 0 Å². The number of nitriles is 1. The van der Waals surface area contributed by atoms with Gasteiger partial charge in [0.1, 0.15) is 16.7 Å². The first-order valence-corrected chi connectivity index (χ1v) is 7.01. The summed E-state index contributed by atoms with van der Waals surface area (Å²) in [6.45, 7) is 2.67. The number of nitrogens with two attached hydrogens (primary N) is 1. The minimum Gasteiger partial charge on any atom is -0.326 e. The average Bonchev–Trinajstić information content (AvgIpc) is 2.70. The number of hydrogen-bond acceptors (Lipinski definition) is 5. The van der Waals surface area contributed by atoms with E-state index in [4.69, 9.17) is 11.0 Å². The number of pyridine rings is 1. The van der Waals surface area contributed by atoms with Gasteiger partial charge < -0.3 is 5.73 Å². The van der Waals surface area contributed by atoms with Crippen molar-refractivity contribution in [1.82, 2.24) is 9.29 Å². The molecule has 1 aromatic rings. The summed E-state index contributed by atoms with van der Waals surface area (Å²) >= 11 is 0. The molecular formula is C11H14N4O2S. The summed E-state index contributed by atoms with van der Waals surface area (Å²) in [5.74, 6) is 0.145. The summed E-state index contributed by atoms with van der Waals surface area (Å²) in [4.78, 5) is 3.87. The molecule has 0 amide bonds. The van der Waals surface area contributed by atoms with Crippen molar-refractivity contribution in [2.75, 3.05) is 13.1 Å². The molecule has 1 aromatic heterocycles. The number of hydrogen-bond donors (Lipinski definition) is 1. The van der Waals surface area contributed by atoms with E-state index in [0.717, 1.165) is 0 Å². The molecule has 1 aliphatic rings. The van der Waals surface area contributed by atoms with E-state index in [0.29, 0.717) is 13.1 Å². The highest BCUT2D eigenvalue weighted by Gasteiger charge is 2.35. The Morgan fingerprint density at radius 2 is 2.22 bits per heavy atom. The van der Waals surface area contributed by atoms with E-state index in [1.54, 1.807) is 0 Å². The topological polar surface area (TPSA) is 100 Å². The van der Waals surface area contributed by atoms with E-state index >= 15 is 0 Å². The Bertz CT molecular complexity index is 566. The van der Waals surface area contributed by atoms with E-state index < -0.39 is 10.0 Å². The summed E-state index contributed by atoms with van der Waals surface area (Å²) in [5.41, 5.74) is 6.02. The molecule has 2 rings (SSSR count). The average molecular weight is 266 g/mol. The molecule has 1 fully saturated rings. The first-order chi connectivity index (χ1) is 8.45. The van der Waals surface area contributed by atoms with Gasteiger partial charge in [0.25, 0.3) is 0 Å². The molecule has 0 aliphatic carbocycles. The summed E-state index contributed by atoms with van der Waals surface area (Å²) in [5, 5.41) is 8.62. The van der Waals surface area contributed by atoms with Gasteiger partial charge in [0.15, 0.2) is 0 Å². The van der Waals surface area contributed by atoms with Crippen molar-refractivity contribution < 1.29 is 8.42 Å². The van der Waals surface area contributed by atoms with Gasteiger partial charge in [0.2, 0.25) is 10.0 Å². The maximum Gasteiger partial charge on any atom is 0.244 e. The lowest BCUT2D eigenvalue weighted by Crippen LogP contribution is -2.32. The van der Waals surface area contributed by atoms with Crippen LogP contribution in [0.1, 0.15) is 12.6 Å². The van der Waals surface area contributed by atoms with Crippen molar-refractivity contribution in [3.8, 4) is 6.07 Å². The Morgan fingerprint density at radius 1 is 1.50 bits per heavy atom. The van der Waals surface area contributed by atoms with Crippen molar-refractivity contribution >= 4 is 10.0 Å². The number of nitrogens with zero attached hydrogens (tertiary/aromatic N) is 3. The largest absolute Gasteiger partial charge is 0.326 e. The van der Waals surface area contributed by atoms with Gasteiger partial charge in [0.05, 0.1) is 0 Å². The van der Waals surface area contributed by atoms with E-state index in [1.165, 1.54) is 22.6 Å². The third-order valence-corrected chi connectivity index (χ3v) is 4.94. The van der Waals surface area contributed by atoms with Crippen LogP contribution in [0.25, 0.3) is 0 Å². The SMILES string of the molecule is CC1CN(S(=O)(=O)c2ccc(C#N)nc2)CC1N. The summed E-state index contributed by atoms with van der Waals surface area (Å²) in [6, 6.07) is 4.51. The Hall–Kier alpha value is -1.49. The minimum atomic E-state index is -3.55. The van der Waals surface area contributed by atoms with Crippen LogP contribution >= 0.6 is 0 Å². The Labute approximate surface area is 106 Å². The second kappa shape index (κ2) is 4.65. The van der Waals surface area contributed by atoms with Crippen LogP contribution in [0.4, 0.5) is 0 Å². The van der Waals surface area contributed by atoms with Crippen molar-refractivity contribution in [3.05, 3.63) is 24.0 Å². The highest BCUT2D eigenvalue weighted by Crippen LogP contribution is 2.23. The molecule has 2 N–H and O–H groups in total. The van der Waals surface area contributed by atoms with Crippen molar-refractivity contribution in [2.24, 2.45) is 11.7 Å². The van der Waals surface area contributed by atoms with E-state index in [1.807, 2.05) is 13.0 Å². The van der Waals surface area contributed by atoms with Crippen LogP contribution in [0.15, 0.2) is 23.2 Å².